The van der Waals surface area contributed by atoms with Crippen LogP contribution in [0.1, 0.15) is 25.3 Å². The highest BCUT2D eigenvalue weighted by molar-refractivity contribution is 5.92. The van der Waals surface area contributed by atoms with Crippen LogP contribution in [0.4, 0.5) is 5.69 Å². The zero-order chi connectivity index (χ0) is 20.4. The van der Waals surface area contributed by atoms with Gasteiger partial charge in [0.15, 0.2) is 6.10 Å². The number of nitrogens with zero attached hydrogens (tertiary/aromatic N) is 5. The van der Waals surface area contributed by atoms with Crippen LogP contribution in [-0.4, -0.2) is 72.3 Å². The van der Waals surface area contributed by atoms with E-state index in [1.54, 1.807) is 18.5 Å². The topological polar surface area (TPSA) is 94.4 Å². The fraction of sp³-hybridized carbons (Fsp3) is 0.524. The predicted molar refractivity (Wildman–Crippen MR) is 109 cm³/mol. The van der Waals surface area contributed by atoms with Crippen molar-refractivity contribution in [3.63, 3.8) is 0 Å². The van der Waals surface area contributed by atoms with Crippen LogP contribution in [0.5, 0.6) is 0 Å². The number of benzene rings is 1. The molecule has 0 radical (unpaired) electrons. The Bertz CT molecular complexity index is 942. The molecule has 2 aliphatic rings. The number of amides is 1. The second-order valence-electron chi connectivity index (χ2n) is 7.86. The fourth-order valence-corrected chi connectivity index (χ4v) is 4.25. The highest BCUT2D eigenvalue weighted by Crippen LogP contribution is 2.28. The van der Waals surface area contributed by atoms with Gasteiger partial charge < -0.3 is 19.9 Å². The van der Waals surface area contributed by atoms with E-state index in [0.29, 0.717) is 42.3 Å². The Morgan fingerprint density at radius 1 is 1.31 bits per heavy atom. The standard InChI is InChI=1S/C21H26N6O2/c1-14-12-27(17-6-5-15(10-22)19-20(17)24-8-7-23-19)13-18(29-14)21(28)25-11-16-4-3-9-26(16)2/h5-8,14,16,18H,3-4,9,11-13H2,1-2H3,(H,25,28)/t14-,16?,18-/m1/s1. The summed E-state index contributed by atoms with van der Waals surface area (Å²) >= 11 is 0. The van der Waals surface area contributed by atoms with E-state index in [-0.39, 0.29) is 12.0 Å². The molecular formula is C21H26N6O2. The number of morpholine rings is 1. The third-order valence-corrected chi connectivity index (χ3v) is 5.80. The molecule has 2 saturated heterocycles. The van der Waals surface area contributed by atoms with Crippen molar-refractivity contribution in [1.82, 2.24) is 20.2 Å². The number of nitriles is 1. The minimum absolute atomic E-state index is 0.0779. The molecule has 29 heavy (non-hydrogen) atoms. The summed E-state index contributed by atoms with van der Waals surface area (Å²) in [6, 6.07) is 6.21. The van der Waals surface area contributed by atoms with Gasteiger partial charge in [-0.15, -0.1) is 0 Å². The quantitative estimate of drug-likeness (QED) is 0.835. The number of rotatable bonds is 4. The Kier molecular flexibility index (Phi) is 5.60. The van der Waals surface area contributed by atoms with Crippen LogP contribution in [0.25, 0.3) is 11.0 Å². The Hall–Kier alpha value is -2.76. The van der Waals surface area contributed by atoms with E-state index in [4.69, 9.17) is 4.74 Å². The van der Waals surface area contributed by atoms with Gasteiger partial charge in [-0.2, -0.15) is 5.26 Å². The Labute approximate surface area is 170 Å². The Balaban J connectivity index is 1.51. The van der Waals surface area contributed by atoms with Crippen molar-refractivity contribution in [3.8, 4) is 6.07 Å². The number of hydrogen-bond acceptors (Lipinski definition) is 7. The molecule has 1 aromatic carbocycles. The van der Waals surface area contributed by atoms with Gasteiger partial charge >= 0.3 is 0 Å². The fourth-order valence-electron chi connectivity index (χ4n) is 4.25. The molecule has 0 saturated carbocycles. The molecular weight excluding hydrogens is 368 g/mol. The van der Waals surface area contributed by atoms with Gasteiger partial charge in [0.25, 0.3) is 5.91 Å². The average molecular weight is 394 g/mol. The highest BCUT2D eigenvalue weighted by atomic mass is 16.5. The van der Waals surface area contributed by atoms with E-state index in [0.717, 1.165) is 18.7 Å². The molecule has 8 heteroatoms. The summed E-state index contributed by atoms with van der Waals surface area (Å²) in [4.78, 5) is 26.0. The predicted octanol–water partition coefficient (Wildman–Crippen LogP) is 1.31. The summed E-state index contributed by atoms with van der Waals surface area (Å²) in [6.07, 6.45) is 4.85. The molecule has 0 bridgehead atoms. The lowest BCUT2D eigenvalue weighted by atomic mass is 10.1. The first-order chi connectivity index (χ1) is 14.1. The largest absolute Gasteiger partial charge is 0.364 e. The molecule has 3 heterocycles. The van der Waals surface area contributed by atoms with Crippen molar-refractivity contribution in [1.29, 1.82) is 5.26 Å². The summed E-state index contributed by atoms with van der Waals surface area (Å²) in [5.74, 6) is -0.0779. The van der Waals surface area contributed by atoms with Crippen molar-refractivity contribution < 1.29 is 9.53 Å². The van der Waals surface area contributed by atoms with Crippen LogP contribution in [-0.2, 0) is 9.53 Å². The lowest BCUT2D eigenvalue weighted by Crippen LogP contribution is -2.54. The van der Waals surface area contributed by atoms with Crippen molar-refractivity contribution in [2.45, 2.75) is 38.0 Å². The van der Waals surface area contributed by atoms with Crippen LogP contribution in [0.2, 0.25) is 0 Å². The van der Waals surface area contributed by atoms with Crippen molar-refractivity contribution >= 4 is 22.6 Å². The first-order valence-corrected chi connectivity index (χ1v) is 10.1. The molecule has 4 rings (SSSR count). The second-order valence-corrected chi connectivity index (χ2v) is 7.86. The summed E-state index contributed by atoms with van der Waals surface area (Å²) in [5.41, 5.74) is 2.62. The summed E-state index contributed by atoms with van der Waals surface area (Å²) in [6.45, 7) is 4.78. The minimum atomic E-state index is -0.548. The van der Waals surface area contributed by atoms with Crippen LogP contribution >= 0.6 is 0 Å². The van der Waals surface area contributed by atoms with Gasteiger partial charge in [-0.3, -0.25) is 14.8 Å². The SMILES string of the molecule is C[C@@H]1CN(c2ccc(C#N)c3nccnc23)C[C@H](C(=O)NCC2CCCN2C)O1. The molecule has 2 aliphatic heterocycles. The van der Waals surface area contributed by atoms with E-state index >= 15 is 0 Å². The lowest BCUT2D eigenvalue weighted by molar-refractivity contribution is -0.137. The van der Waals surface area contributed by atoms with Crippen molar-refractivity contribution in [2.24, 2.45) is 0 Å². The molecule has 8 nitrogen and oxygen atoms in total. The van der Waals surface area contributed by atoms with Gasteiger partial charge in [0.1, 0.15) is 17.1 Å². The lowest BCUT2D eigenvalue weighted by Gasteiger charge is -2.38. The number of fused-ring (bicyclic) bond motifs is 1. The molecule has 0 spiro atoms. The molecule has 1 aromatic heterocycles. The highest BCUT2D eigenvalue weighted by Gasteiger charge is 2.32. The molecule has 2 aromatic rings. The van der Waals surface area contributed by atoms with Crippen molar-refractivity contribution in [2.75, 3.05) is 38.1 Å². The van der Waals surface area contributed by atoms with E-state index in [9.17, 15) is 10.1 Å². The van der Waals surface area contributed by atoms with Crippen molar-refractivity contribution in [3.05, 3.63) is 30.1 Å². The number of ether oxygens (including phenoxy) is 1. The van der Waals surface area contributed by atoms with Gasteiger partial charge in [-0.05, 0) is 45.5 Å². The second kappa shape index (κ2) is 8.31. The number of nitrogens with one attached hydrogen (secondary N) is 1. The number of hydrogen-bond donors (Lipinski definition) is 1. The third-order valence-electron chi connectivity index (χ3n) is 5.80. The first kappa shape index (κ1) is 19.6. The molecule has 1 N–H and O–H groups in total. The number of carbonyl (C=O) groups excluding carboxylic acids is 1. The van der Waals surface area contributed by atoms with Gasteiger partial charge in [-0.25, -0.2) is 0 Å². The van der Waals surface area contributed by atoms with Gasteiger partial charge in [-0.1, -0.05) is 0 Å². The van der Waals surface area contributed by atoms with E-state index in [1.165, 1.54) is 6.42 Å². The molecule has 2 fully saturated rings. The number of anilines is 1. The molecule has 3 atom stereocenters. The number of carbonyl (C=O) groups is 1. The zero-order valence-corrected chi connectivity index (χ0v) is 16.8. The van der Waals surface area contributed by atoms with E-state index < -0.39 is 6.10 Å². The molecule has 1 amide bonds. The Morgan fingerprint density at radius 3 is 2.83 bits per heavy atom. The number of likely N-dealkylation sites (tertiary alicyclic amines) is 1. The smallest absolute Gasteiger partial charge is 0.251 e. The minimum Gasteiger partial charge on any atom is -0.364 e. The average Bonchev–Trinajstić information content (AvgIpc) is 3.15. The third kappa shape index (κ3) is 4.02. The normalized spacial score (nSPS) is 25.1. The monoisotopic (exact) mass is 394 g/mol. The zero-order valence-electron chi connectivity index (χ0n) is 16.8. The van der Waals surface area contributed by atoms with Crippen LogP contribution < -0.4 is 10.2 Å². The van der Waals surface area contributed by atoms with Gasteiger partial charge in [0.05, 0.1) is 23.9 Å². The number of likely N-dealkylation sites (N-methyl/N-ethyl adjacent to an activating group) is 1. The van der Waals surface area contributed by atoms with E-state index in [2.05, 4.69) is 38.2 Å². The number of aromatic nitrogens is 2. The van der Waals surface area contributed by atoms with Crippen LogP contribution in [0.15, 0.2) is 24.5 Å². The van der Waals surface area contributed by atoms with Gasteiger partial charge in [0, 0.05) is 31.5 Å². The van der Waals surface area contributed by atoms with E-state index in [1.807, 2.05) is 13.0 Å². The molecule has 0 aliphatic carbocycles. The first-order valence-electron chi connectivity index (χ1n) is 10.1. The Morgan fingerprint density at radius 2 is 2.10 bits per heavy atom. The van der Waals surface area contributed by atoms with Crippen LogP contribution in [0.3, 0.4) is 0 Å². The summed E-state index contributed by atoms with van der Waals surface area (Å²) in [7, 11) is 2.10. The summed E-state index contributed by atoms with van der Waals surface area (Å²) < 4.78 is 5.94. The maximum absolute atomic E-state index is 12.8. The maximum atomic E-state index is 12.8. The van der Waals surface area contributed by atoms with Crippen LogP contribution in [0, 0.1) is 11.3 Å². The van der Waals surface area contributed by atoms with Gasteiger partial charge in [0.2, 0.25) is 0 Å². The molecule has 1 unspecified atom stereocenters. The molecule has 152 valence electrons. The summed E-state index contributed by atoms with van der Waals surface area (Å²) in [5, 5.41) is 12.4. The maximum Gasteiger partial charge on any atom is 0.251 e.